The van der Waals surface area contributed by atoms with Crippen LogP contribution in [0.3, 0.4) is 0 Å². The highest BCUT2D eigenvalue weighted by Crippen LogP contribution is 2.46. The van der Waals surface area contributed by atoms with Crippen LogP contribution in [0.4, 0.5) is 0 Å². The molecule has 3 heterocycles. The fraction of sp³-hybridized carbons (Fsp3) is 0.250. The van der Waals surface area contributed by atoms with E-state index in [9.17, 15) is 5.11 Å². The molecule has 6 rings (SSSR count). The molecule has 6 nitrogen and oxygen atoms in total. The number of aromatic nitrogens is 4. The summed E-state index contributed by atoms with van der Waals surface area (Å²) in [5.41, 5.74) is 14.1. The van der Waals surface area contributed by atoms with Crippen LogP contribution >= 0.6 is 0 Å². The molecule has 0 amide bonds. The van der Waals surface area contributed by atoms with Gasteiger partial charge in [-0.15, -0.1) is 0 Å². The van der Waals surface area contributed by atoms with E-state index in [4.69, 9.17) is 10.7 Å². The molecule has 1 aliphatic carbocycles. The average Bonchev–Trinajstić information content (AvgIpc) is 3.18. The van der Waals surface area contributed by atoms with Crippen LogP contribution in [0.5, 0.6) is 0 Å². The Bertz CT molecular complexity index is 1560. The molecule has 1 fully saturated rings. The Kier molecular flexibility index (Phi) is 4.43. The Balaban J connectivity index is 1.54. The van der Waals surface area contributed by atoms with E-state index in [-0.39, 0.29) is 0 Å². The summed E-state index contributed by atoms with van der Waals surface area (Å²) in [4.78, 5) is 9.71. The third kappa shape index (κ3) is 3.38. The largest absolute Gasteiger partial charge is 0.390 e. The van der Waals surface area contributed by atoms with Gasteiger partial charge in [-0.25, -0.2) is 9.97 Å². The van der Waals surface area contributed by atoms with Crippen molar-refractivity contribution >= 4 is 16.7 Å². The molecule has 1 aliphatic rings. The maximum absolute atomic E-state index is 10.2. The molecule has 0 atom stereocenters. The molecule has 170 valence electrons. The van der Waals surface area contributed by atoms with Crippen molar-refractivity contribution < 1.29 is 5.11 Å². The molecule has 3 N–H and O–H groups in total. The molecule has 2 aromatic carbocycles. The zero-order valence-electron chi connectivity index (χ0n) is 19.6. The van der Waals surface area contributed by atoms with Gasteiger partial charge in [0.1, 0.15) is 0 Å². The van der Waals surface area contributed by atoms with Crippen LogP contribution in [0.1, 0.15) is 36.6 Å². The van der Waals surface area contributed by atoms with Crippen molar-refractivity contribution in [3.63, 3.8) is 0 Å². The van der Waals surface area contributed by atoms with Crippen molar-refractivity contribution in [2.75, 3.05) is 0 Å². The summed E-state index contributed by atoms with van der Waals surface area (Å²) >= 11 is 0. The molecular weight excluding hydrogens is 422 g/mol. The van der Waals surface area contributed by atoms with Gasteiger partial charge in [-0.05, 0) is 50.8 Å². The van der Waals surface area contributed by atoms with Crippen LogP contribution in [0.25, 0.3) is 39.1 Å². The van der Waals surface area contributed by atoms with E-state index in [1.807, 2.05) is 30.6 Å². The number of benzene rings is 2. The zero-order chi connectivity index (χ0) is 23.7. The van der Waals surface area contributed by atoms with Crippen LogP contribution in [-0.4, -0.2) is 30.3 Å². The van der Waals surface area contributed by atoms with E-state index < -0.39 is 11.1 Å². The van der Waals surface area contributed by atoms with E-state index in [0.717, 1.165) is 50.3 Å². The average molecular weight is 450 g/mol. The Morgan fingerprint density at radius 3 is 2.44 bits per heavy atom. The van der Waals surface area contributed by atoms with Crippen LogP contribution in [0, 0.1) is 13.8 Å². The van der Waals surface area contributed by atoms with Crippen molar-refractivity contribution in [2.45, 2.75) is 44.8 Å². The fourth-order valence-electron chi connectivity index (χ4n) is 5.38. The number of nitrogens with two attached hydrogens (primary N) is 1. The number of aryl methyl sites for hydroxylation is 2. The SMILES string of the molecule is Cc1cccc(-c2cc3cnc4cc(C)nn4c3nc2-c2ccc([C@]3(N)C[C@](C)(O)C3)cc2)c1. The smallest absolute Gasteiger partial charge is 0.165 e. The molecule has 0 aliphatic heterocycles. The highest BCUT2D eigenvalue weighted by molar-refractivity contribution is 5.90. The number of hydrogen-bond acceptors (Lipinski definition) is 5. The lowest BCUT2D eigenvalue weighted by molar-refractivity contribution is -0.0738. The molecule has 0 radical (unpaired) electrons. The van der Waals surface area contributed by atoms with Crippen LogP contribution < -0.4 is 5.73 Å². The second-order valence-corrected chi connectivity index (χ2v) is 10.1. The predicted molar refractivity (Wildman–Crippen MR) is 134 cm³/mol. The van der Waals surface area contributed by atoms with E-state index in [1.54, 1.807) is 0 Å². The molecule has 5 aromatic rings. The summed E-state index contributed by atoms with van der Waals surface area (Å²) in [6.45, 7) is 5.90. The van der Waals surface area contributed by atoms with Crippen molar-refractivity contribution in [3.05, 3.63) is 83.7 Å². The van der Waals surface area contributed by atoms with Gasteiger partial charge in [-0.3, -0.25) is 0 Å². The van der Waals surface area contributed by atoms with Crippen molar-refractivity contribution in [1.29, 1.82) is 0 Å². The van der Waals surface area contributed by atoms with E-state index in [1.165, 1.54) is 5.56 Å². The Labute approximate surface area is 198 Å². The lowest BCUT2D eigenvalue weighted by atomic mass is 9.63. The van der Waals surface area contributed by atoms with Crippen LogP contribution in [0.2, 0.25) is 0 Å². The highest BCUT2D eigenvalue weighted by Gasteiger charge is 2.49. The number of aliphatic hydroxyl groups is 1. The van der Waals surface area contributed by atoms with Crippen LogP contribution in [0.15, 0.2) is 66.9 Å². The number of hydrogen-bond donors (Lipinski definition) is 2. The Morgan fingerprint density at radius 1 is 0.971 bits per heavy atom. The van der Waals surface area contributed by atoms with Crippen LogP contribution in [-0.2, 0) is 5.54 Å². The molecule has 34 heavy (non-hydrogen) atoms. The summed E-state index contributed by atoms with van der Waals surface area (Å²) < 4.78 is 1.81. The molecule has 0 spiro atoms. The fourth-order valence-corrected chi connectivity index (χ4v) is 5.38. The van der Waals surface area contributed by atoms with Crippen molar-refractivity contribution in [2.24, 2.45) is 5.73 Å². The van der Waals surface area contributed by atoms with Gasteiger partial charge >= 0.3 is 0 Å². The molecule has 6 heteroatoms. The predicted octanol–water partition coefficient (Wildman–Crippen LogP) is 4.93. The van der Waals surface area contributed by atoms with Gasteiger partial charge < -0.3 is 10.8 Å². The maximum Gasteiger partial charge on any atom is 0.165 e. The van der Waals surface area contributed by atoms with Gasteiger partial charge in [-0.1, -0.05) is 54.1 Å². The number of nitrogens with zero attached hydrogens (tertiary/aromatic N) is 4. The van der Waals surface area contributed by atoms with Crippen molar-refractivity contribution in [1.82, 2.24) is 19.6 Å². The monoisotopic (exact) mass is 449 g/mol. The summed E-state index contributed by atoms with van der Waals surface area (Å²) in [7, 11) is 0. The zero-order valence-corrected chi connectivity index (χ0v) is 19.6. The number of pyridine rings is 1. The summed E-state index contributed by atoms with van der Waals surface area (Å²) in [5.74, 6) is 0. The first kappa shape index (κ1) is 21.0. The molecule has 0 saturated heterocycles. The third-order valence-electron chi connectivity index (χ3n) is 6.84. The van der Waals surface area contributed by atoms with Gasteiger partial charge in [-0.2, -0.15) is 9.61 Å². The number of fused-ring (bicyclic) bond motifs is 3. The van der Waals surface area contributed by atoms with Crippen molar-refractivity contribution in [3.8, 4) is 22.4 Å². The normalized spacial score (nSPS) is 22.3. The first-order chi connectivity index (χ1) is 16.2. The minimum absolute atomic E-state index is 0.483. The quantitative estimate of drug-likeness (QED) is 0.408. The topological polar surface area (TPSA) is 89.3 Å². The van der Waals surface area contributed by atoms with Gasteiger partial charge in [0.25, 0.3) is 0 Å². The van der Waals surface area contributed by atoms with E-state index >= 15 is 0 Å². The van der Waals surface area contributed by atoms with E-state index in [0.29, 0.717) is 12.8 Å². The van der Waals surface area contributed by atoms with E-state index in [2.05, 4.69) is 71.6 Å². The maximum atomic E-state index is 10.2. The standard InChI is InChI=1S/C28H27N5O/c1-17-5-4-6-20(11-17)23-13-21-14-30-24-12-18(2)32-33(24)26(21)31-25(23)19-7-9-22(10-8-19)28(29)15-27(3,34)16-28/h4-14,34H,15-16,29H2,1-3H3/t27-,28-. The molecule has 3 aromatic heterocycles. The van der Waals surface area contributed by atoms with Gasteiger partial charge in [0.2, 0.25) is 0 Å². The van der Waals surface area contributed by atoms with Gasteiger partial charge in [0.15, 0.2) is 11.3 Å². The summed E-state index contributed by atoms with van der Waals surface area (Å²) in [6.07, 6.45) is 2.99. The number of rotatable bonds is 3. The molecule has 1 saturated carbocycles. The second kappa shape index (κ2) is 7.19. The first-order valence-electron chi connectivity index (χ1n) is 11.6. The van der Waals surface area contributed by atoms with Gasteiger partial charge in [0.05, 0.1) is 17.0 Å². The Morgan fingerprint density at radius 2 is 1.74 bits per heavy atom. The Hall–Kier alpha value is -3.61. The molecular formula is C28H27N5O. The minimum atomic E-state index is -0.688. The summed E-state index contributed by atoms with van der Waals surface area (Å²) in [5, 5.41) is 15.8. The second-order valence-electron chi connectivity index (χ2n) is 10.1. The molecule has 0 bridgehead atoms. The lowest BCUT2D eigenvalue weighted by Gasteiger charge is -2.49. The first-order valence-corrected chi connectivity index (χ1v) is 11.6. The highest BCUT2D eigenvalue weighted by atomic mass is 16.3. The third-order valence-corrected chi connectivity index (χ3v) is 6.84. The minimum Gasteiger partial charge on any atom is -0.390 e. The lowest BCUT2D eigenvalue weighted by Crippen LogP contribution is -2.58. The van der Waals surface area contributed by atoms with Gasteiger partial charge in [0, 0.05) is 34.3 Å². The summed E-state index contributed by atoms with van der Waals surface area (Å²) in [6, 6.07) is 20.9. The molecule has 0 unspecified atom stereocenters.